The van der Waals surface area contributed by atoms with Gasteiger partial charge in [0.15, 0.2) is 0 Å². The van der Waals surface area contributed by atoms with Crippen LogP contribution >= 0.6 is 0 Å². The Morgan fingerprint density at radius 2 is 1.78 bits per heavy atom. The molecule has 1 nitrogen and oxygen atoms in total. The monoisotopic (exact) mass is 434 g/mol. The van der Waals surface area contributed by atoms with Crippen LogP contribution in [0.1, 0.15) is 57.2 Å². The Balaban J connectivity index is 2.05. The van der Waals surface area contributed by atoms with Gasteiger partial charge in [0.25, 0.3) is 0 Å². The van der Waals surface area contributed by atoms with E-state index in [1.165, 1.54) is 23.3 Å². The summed E-state index contributed by atoms with van der Waals surface area (Å²) in [4.78, 5) is 2.76. The van der Waals surface area contributed by atoms with Crippen LogP contribution in [0.3, 0.4) is 0 Å². The van der Waals surface area contributed by atoms with Crippen LogP contribution in [-0.2, 0) is 17.4 Å². The molecule has 0 saturated heterocycles. The maximum atomic E-state index is 14.0. The molecule has 0 aliphatic heterocycles. The number of rotatable bonds is 4. The molecule has 27 heavy (non-hydrogen) atoms. The van der Waals surface area contributed by atoms with E-state index in [0.29, 0.717) is 5.56 Å². The Labute approximate surface area is 166 Å². The minimum atomic E-state index is -0.590. The van der Waals surface area contributed by atoms with Crippen LogP contribution in [0, 0.1) is 22.9 Å². The van der Waals surface area contributed by atoms with Crippen LogP contribution in [-0.4, -0.2) is 15.0 Å². The third kappa shape index (κ3) is 4.05. The number of terminal acetylenes is 1. The number of hydrogen-bond acceptors (Lipinski definition) is 1. The first-order valence-corrected chi connectivity index (χ1v) is 10.7. The third-order valence-electron chi connectivity index (χ3n) is 5.43. The summed E-state index contributed by atoms with van der Waals surface area (Å²) in [6.07, 6.45) is 7.70. The summed E-state index contributed by atoms with van der Waals surface area (Å²) in [6.45, 7) is 8.99. The van der Waals surface area contributed by atoms with Crippen LogP contribution in [0.15, 0.2) is 30.3 Å². The van der Waals surface area contributed by atoms with E-state index in [1.807, 2.05) is 6.07 Å². The van der Waals surface area contributed by atoms with Gasteiger partial charge in [-0.1, -0.05) is 0 Å². The van der Waals surface area contributed by atoms with Gasteiger partial charge in [0.05, 0.1) is 0 Å². The number of halogens is 2. The van der Waals surface area contributed by atoms with Crippen LogP contribution in [0.2, 0.25) is 0 Å². The molecule has 1 aliphatic rings. The molecule has 142 valence electrons. The summed E-state index contributed by atoms with van der Waals surface area (Å²) in [5, 5.41) is 0. The van der Waals surface area contributed by atoms with Crippen molar-refractivity contribution in [3.05, 3.63) is 58.7 Å². The van der Waals surface area contributed by atoms with Crippen molar-refractivity contribution in [1.82, 2.24) is 0 Å². The molecule has 0 bridgehead atoms. The van der Waals surface area contributed by atoms with Gasteiger partial charge >= 0.3 is 167 Å². The molecule has 0 atom stereocenters. The average Bonchev–Trinajstić information content (AvgIpc) is 2.58. The van der Waals surface area contributed by atoms with E-state index in [9.17, 15) is 8.78 Å². The summed E-state index contributed by atoms with van der Waals surface area (Å²) in [6, 6.07) is 7.80. The van der Waals surface area contributed by atoms with Crippen LogP contribution in [0.5, 0.6) is 5.75 Å². The van der Waals surface area contributed by atoms with Crippen LogP contribution in [0.4, 0.5) is 8.78 Å². The minimum absolute atomic E-state index is 0.0325. The van der Waals surface area contributed by atoms with Crippen molar-refractivity contribution >= 4 is 19.4 Å². The number of hydrogen-bond donors (Lipinski definition) is 0. The molecule has 0 aromatic heterocycles. The molecule has 0 heterocycles. The summed E-state index contributed by atoms with van der Waals surface area (Å²) in [7, 11) is 0. The van der Waals surface area contributed by atoms with Crippen LogP contribution in [0.25, 0.3) is 0 Å². The van der Waals surface area contributed by atoms with Gasteiger partial charge in [0, 0.05) is 0 Å². The van der Waals surface area contributed by atoms with E-state index < -0.39 is 11.6 Å². The van der Waals surface area contributed by atoms with Crippen LogP contribution < -0.4 is 9.20 Å². The molecule has 2 aromatic carbocycles. The van der Waals surface area contributed by atoms with Gasteiger partial charge in [0.2, 0.25) is 0 Å². The topological polar surface area (TPSA) is 9.23 Å². The molecule has 0 N–H and O–H groups in total. The van der Waals surface area contributed by atoms with Crippen molar-refractivity contribution in [2.75, 3.05) is 0 Å². The molecule has 1 aliphatic carbocycles. The van der Waals surface area contributed by atoms with Gasteiger partial charge in [-0.05, 0) is 0 Å². The molecule has 2 aromatic rings. The van der Waals surface area contributed by atoms with Crippen molar-refractivity contribution in [2.24, 2.45) is 0 Å². The first-order chi connectivity index (χ1) is 12.6. The summed E-state index contributed by atoms with van der Waals surface area (Å²) < 4.78 is 34.4. The van der Waals surface area contributed by atoms with Gasteiger partial charge in [-0.25, -0.2) is 0 Å². The van der Waals surface area contributed by atoms with Crippen molar-refractivity contribution in [3.63, 3.8) is 0 Å². The second-order valence-electron chi connectivity index (χ2n) is 8.36. The Bertz CT molecular complexity index is 909. The summed E-state index contributed by atoms with van der Waals surface area (Å²) in [5.74, 6) is -0.413. The van der Waals surface area contributed by atoms with Crippen molar-refractivity contribution in [3.8, 4) is 17.0 Å². The number of fused-ring (bicyclic) bond motifs is 1. The summed E-state index contributed by atoms with van der Waals surface area (Å²) in [5.41, 5.74) is 2.78. The maximum absolute atomic E-state index is 14.0. The van der Waals surface area contributed by atoms with E-state index >= 15 is 0 Å². The fourth-order valence-corrected chi connectivity index (χ4v) is 4.75. The molecule has 0 fully saturated rings. The Morgan fingerprint density at radius 1 is 1.07 bits per heavy atom. The molecule has 0 amide bonds. The molecule has 0 radical (unpaired) electrons. The van der Waals surface area contributed by atoms with Gasteiger partial charge in [0.1, 0.15) is 0 Å². The fraction of sp³-hybridized carbons (Fsp3) is 0.391. The predicted octanol–water partition coefficient (Wildman–Crippen LogP) is 4.81. The predicted molar refractivity (Wildman–Crippen MR) is 107 cm³/mol. The standard InChI is InChI=1S/C23H24F2OSe/c1-6-27-17-12-18-21(23(4,5)10-9-22(18,2)3)20(13-17)26-14-15-7-8-16(24)11-19(15)25/h1,7-8,11-13H,9-10,14H2,2-5H3. The molecular weight excluding hydrogens is 409 g/mol. The summed E-state index contributed by atoms with van der Waals surface area (Å²) >= 11 is -0.0774. The Kier molecular flexibility index (Phi) is 5.39. The van der Waals surface area contributed by atoms with Gasteiger partial charge in [-0.3, -0.25) is 0 Å². The Hall–Kier alpha value is -1.82. The quantitative estimate of drug-likeness (QED) is 0.497. The Morgan fingerprint density at radius 3 is 2.44 bits per heavy atom. The molecule has 0 unspecified atom stereocenters. The second-order valence-corrected chi connectivity index (χ2v) is 10.3. The average molecular weight is 433 g/mol. The second kappa shape index (κ2) is 7.30. The van der Waals surface area contributed by atoms with E-state index in [2.05, 4.69) is 38.6 Å². The zero-order chi connectivity index (χ0) is 19.8. The van der Waals surface area contributed by atoms with Gasteiger partial charge in [-0.2, -0.15) is 0 Å². The van der Waals surface area contributed by atoms with Gasteiger partial charge in [-0.15, -0.1) is 0 Å². The third-order valence-corrected chi connectivity index (χ3v) is 6.67. The molecular formula is C23H24F2OSe. The first kappa shape index (κ1) is 19.9. The normalized spacial score (nSPS) is 17.1. The zero-order valence-electron chi connectivity index (χ0n) is 16.2. The van der Waals surface area contributed by atoms with E-state index in [0.717, 1.165) is 29.1 Å². The van der Waals surface area contributed by atoms with Crippen molar-refractivity contribution < 1.29 is 13.5 Å². The molecule has 0 saturated carbocycles. The first-order valence-electron chi connectivity index (χ1n) is 9.02. The number of benzene rings is 2. The SMILES string of the molecule is C#C[Se]c1cc(OCc2ccc(F)cc2F)c2c(c1)C(C)(C)CCC2(C)C. The van der Waals surface area contributed by atoms with Crippen molar-refractivity contribution in [1.29, 1.82) is 0 Å². The fourth-order valence-electron chi connectivity index (χ4n) is 3.74. The van der Waals surface area contributed by atoms with E-state index in [1.54, 1.807) is 0 Å². The van der Waals surface area contributed by atoms with Crippen molar-refractivity contribution in [2.45, 2.75) is 58.0 Å². The molecule has 4 heteroatoms. The van der Waals surface area contributed by atoms with Gasteiger partial charge < -0.3 is 0 Å². The zero-order valence-corrected chi connectivity index (χ0v) is 17.9. The molecule has 3 rings (SSSR count). The molecule has 0 spiro atoms. The van der Waals surface area contributed by atoms with E-state index in [4.69, 9.17) is 11.2 Å². The van der Waals surface area contributed by atoms with E-state index in [-0.39, 0.29) is 32.4 Å². The number of ether oxygens (including phenoxy) is 1.